The Morgan fingerprint density at radius 3 is 2.40 bits per heavy atom. The number of carbonyl (C=O) groups is 1. The van der Waals surface area contributed by atoms with Crippen LogP contribution >= 0.6 is 12.4 Å². The van der Waals surface area contributed by atoms with Crippen molar-refractivity contribution in [2.45, 2.75) is 32.6 Å². The van der Waals surface area contributed by atoms with Gasteiger partial charge in [0.25, 0.3) is 5.91 Å². The Balaban J connectivity index is 0.00000147. The molecule has 0 aromatic carbocycles. The van der Waals surface area contributed by atoms with Gasteiger partial charge < -0.3 is 14.6 Å². The molecule has 20 heavy (non-hydrogen) atoms. The molecule has 0 bridgehead atoms. The molecule has 0 atom stereocenters. The lowest BCUT2D eigenvalue weighted by Crippen LogP contribution is -2.47. The molecule has 0 radical (unpaired) electrons. The molecule has 0 unspecified atom stereocenters. The number of aryl methyl sites for hydroxylation is 1. The summed E-state index contributed by atoms with van der Waals surface area (Å²) in [6, 6.07) is 3.64. The third-order valence-corrected chi connectivity index (χ3v) is 4.73. The Labute approximate surface area is 126 Å². The SMILES string of the molecule is Cc1ccc(C(=O)N2CCC3(CCNCC3)CC2)o1.Cl. The second-order valence-electron chi connectivity index (χ2n) is 5.95. The van der Waals surface area contributed by atoms with Gasteiger partial charge in [-0.05, 0) is 63.2 Å². The maximum Gasteiger partial charge on any atom is 0.289 e. The highest BCUT2D eigenvalue weighted by molar-refractivity contribution is 5.91. The van der Waals surface area contributed by atoms with Crippen LogP contribution < -0.4 is 5.32 Å². The minimum atomic E-state index is 0. The van der Waals surface area contributed by atoms with Crippen molar-refractivity contribution < 1.29 is 9.21 Å². The number of amides is 1. The molecule has 0 aliphatic carbocycles. The lowest BCUT2D eigenvalue weighted by molar-refractivity contribution is 0.0468. The fraction of sp³-hybridized carbons (Fsp3) is 0.667. The van der Waals surface area contributed by atoms with Crippen LogP contribution in [0.15, 0.2) is 16.5 Å². The van der Waals surface area contributed by atoms with E-state index in [0.29, 0.717) is 11.2 Å². The van der Waals surface area contributed by atoms with Crippen molar-refractivity contribution in [3.8, 4) is 0 Å². The first-order chi connectivity index (χ1) is 9.19. The molecule has 1 aromatic rings. The van der Waals surface area contributed by atoms with Crippen LogP contribution in [0.5, 0.6) is 0 Å². The third-order valence-electron chi connectivity index (χ3n) is 4.73. The van der Waals surface area contributed by atoms with Gasteiger partial charge in [0.05, 0.1) is 0 Å². The molecule has 2 saturated heterocycles. The summed E-state index contributed by atoms with van der Waals surface area (Å²) >= 11 is 0. The van der Waals surface area contributed by atoms with E-state index < -0.39 is 0 Å². The number of nitrogens with one attached hydrogen (secondary N) is 1. The summed E-state index contributed by atoms with van der Waals surface area (Å²) in [7, 11) is 0. The average Bonchev–Trinajstić information content (AvgIpc) is 2.87. The number of hydrogen-bond donors (Lipinski definition) is 1. The second-order valence-corrected chi connectivity index (χ2v) is 5.95. The molecule has 112 valence electrons. The number of rotatable bonds is 1. The zero-order chi connectivity index (χ0) is 13.3. The molecule has 3 heterocycles. The molecular formula is C15H23ClN2O2. The molecule has 2 aliphatic rings. The van der Waals surface area contributed by atoms with E-state index >= 15 is 0 Å². The van der Waals surface area contributed by atoms with E-state index in [9.17, 15) is 4.79 Å². The molecule has 0 saturated carbocycles. The van der Waals surface area contributed by atoms with Crippen molar-refractivity contribution in [1.82, 2.24) is 10.2 Å². The highest BCUT2D eigenvalue weighted by Crippen LogP contribution is 2.39. The van der Waals surface area contributed by atoms with Crippen LogP contribution in [0.3, 0.4) is 0 Å². The van der Waals surface area contributed by atoms with E-state index in [-0.39, 0.29) is 18.3 Å². The first kappa shape index (κ1) is 15.4. The average molecular weight is 299 g/mol. The second kappa shape index (κ2) is 6.19. The van der Waals surface area contributed by atoms with Gasteiger partial charge in [-0.3, -0.25) is 4.79 Å². The minimum Gasteiger partial charge on any atom is -0.456 e. The van der Waals surface area contributed by atoms with E-state index in [1.54, 1.807) is 6.07 Å². The molecule has 3 rings (SSSR count). The largest absolute Gasteiger partial charge is 0.456 e. The first-order valence-electron chi connectivity index (χ1n) is 7.25. The van der Waals surface area contributed by atoms with Gasteiger partial charge in [-0.15, -0.1) is 12.4 Å². The maximum atomic E-state index is 12.3. The van der Waals surface area contributed by atoms with Crippen LogP contribution in [0, 0.1) is 12.3 Å². The van der Waals surface area contributed by atoms with Crippen molar-refractivity contribution in [1.29, 1.82) is 0 Å². The van der Waals surface area contributed by atoms with Crippen molar-refractivity contribution in [2.75, 3.05) is 26.2 Å². The Hall–Kier alpha value is -1.00. The van der Waals surface area contributed by atoms with E-state index in [1.165, 1.54) is 12.8 Å². The van der Waals surface area contributed by atoms with E-state index in [1.807, 2.05) is 17.9 Å². The predicted octanol–water partition coefficient (Wildman–Crippen LogP) is 2.62. The Morgan fingerprint density at radius 2 is 1.85 bits per heavy atom. The van der Waals surface area contributed by atoms with Crippen LogP contribution in [0.25, 0.3) is 0 Å². The lowest BCUT2D eigenvalue weighted by atomic mass is 9.71. The summed E-state index contributed by atoms with van der Waals surface area (Å²) in [6.45, 7) is 5.88. The molecule has 1 aromatic heterocycles. The van der Waals surface area contributed by atoms with E-state index in [0.717, 1.165) is 44.8 Å². The van der Waals surface area contributed by atoms with Crippen molar-refractivity contribution in [3.63, 3.8) is 0 Å². The fourth-order valence-electron chi connectivity index (χ4n) is 3.35. The highest BCUT2D eigenvalue weighted by Gasteiger charge is 2.37. The van der Waals surface area contributed by atoms with Gasteiger partial charge in [0, 0.05) is 13.1 Å². The van der Waals surface area contributed by atoms with Gasteiger partial charge in [-0.2, -0.15) is 0 Å². The zero-order valence-electron chi connectivity index (χ0n) is 12.0. The topological polar surface area (TPSA) is 45.5 Å². The van der Waals surface area contributed by atoms with Crippen molar-refractivity contribution in [2.24, 2.45) is 5.41 Å². The Kier molecular flexibility index (Phi) is 4.76. The maximum absolute atomic E-state index is 12.3. The highest BCUT2D eigenvalue weighted by atomic mass is 35.5. The van der Waals surface area contributed by atoms with Gasteiger partial charge in [0.1, 0.15) is 5.76 Å². The molecule has 2 fully saturated rings. The number of halogens is 1. The number of nitrogens with zero attached hydrogens (tertiary/aromatic N) is 1. The summed E-state index contributed by atoms with van der Waals surface area (Å²) in [6.07, 6.45) is 4.80. The third kappa shape index (κ3) is 3.01. The Morgan fingerprint density at radius 1 is 1.20 bits per heavy atom. The fourth-order valence-corrected chi connectivity index (χ4v) is 3.35. The van der Waals surface area contributed by atoms with Crippen LogP contribution in [-0.4, -0.2) is 37.0 Å². The smallest absolute Gasteiger partial charge is 0.289 e. The Bertz CT molecular complexity index is 456. The van der Waals surface area contributed by atoms with Gasteiger partial charge in [-0.25, -0.2) is 0 Å². The molecule has 2 aliphatic heterocycles. The van der Waals surface area contributed by atoms with Gasteiger partial charge in [-0.1, -0.05) is 0 Å². The molecule has 1 N–H and O–H groups in total. The lowest BCUT2D eigenvalue weighted by Gasteiger charge is -2.44. The van der Waals surface area contributed by atoms with Gasteiger partial charge in [0.2, 0.25) is 0 Å². The van der Waals surface area contributed by atoms with Crippen LogP contribution in [0.1, 0.15) is 42.0 Å². The van der Waals surface area contributed by atoms with E-state index in [2.05, 4.69) is 5.32 Å². The number of likely N-dealkylation sites (tertiary alicyclic amines) is 1. The zero-order valence-corrected chi connectivity index (χ0v) is 12.8. The number of piperidine rings is 2. The molecular weight excluding hydrogens is 276 g/mol. The first-order valence-corrected chi connectivity index (χ1v) is 7.25. The van der Waals surface area contributed by atoms with Gasteiger partial charge in [0.15, 0.2) is 5.76 Å². The van der Waals surface area contributed by atoms with Gasteiger partial charge >= 0.3 is 0 Å². The number of carbonyl (C=O) groups excluding carboxylic acids is 1. The summed E-state index contributed by atoms with van der Waals surface area (Å²) in [5, 5.41) is 3.42. The molecule has 5 heteroatoms. The normalized spacial score (nSPS) is 21.6. The number of hydrogen-bond acceptors (Lipinski definition) is 3. The summed E-state index contributed by atoms with van der Waals surface area (Å²) in [5.41, 5.74) is 0.487. The monoisotopic (exact) mass is 298 g/mol. The van der Waals surface area contributed by atoms with Crippen LogP contribution in [-0.2, 0) is 0 Å². The summed E-state index contributed by atoms with van der Waals surface area (Å²) < 4.78 is 5.43. The molecule has 1 amide bonds. The van der Waals surface area contributed by atoms with Crippen molar-refractivity contribution >= 4 is 18.3 Å². The van der Waals surface area contributed by atoms with Crippen molar-refractivity contribution in [3.05, 3.63) is 23.7 Å². The number of furan rings is 1. The summed E-state index contributed by atoms with van der Waals surface area (Å²) in [4.78, 5) is 14.3. The van der Waals surface area contributed by atoms with E-state index in [4.69, 9.17) is 4.42 Å². The molecule has 1 spiro atoms. The molecule has 4 nitrogen and oxygen atoms in total. The standard InChI is InChI=1S/C15H22N2O2.ClH/c1-12-2-3-13(19-12)14(18)17-10-6-15(7-11-17)4-8-16-9-5-15;/h2-3,16H,4-11H2,1H3;1H. The summed E-state index contributed by atoms with van der Waals surface area (Å²) in [5.74, 6) is 1.34. The quantitative estimate of drug-likeness (QED) is 0.867. The minimum absolute atomic E-state index is 0. The van der Waals surface area contributed by atoms with Crippen LogP contribution in [0.2, 0.25) is 0 Å². The van der Waals surface area contributed by atoms with Crippen LogP contribution in [0.4, 0.5) is 0 Å². The predicted molar refractivity (Wildman–Crippen MR) is 80.4 cm³/mol.